The summed E-state index contributed by atoms with van der Waals surface area (Å²) < 4.78 is 0.858. The van der Waals surface area contributed by atoms with Gasteiger partial charge in [0.1, 0.15) is 0 Å². The van der Waals surface area contributed by atoms with Crippen molar-refractivity contribution in [3.05, 3.63) is 21.3 Å². The molecule has 2 N–H and O–H groups in total. The first-order chi connectivity index (χ1) is 6.61. The summed E-state index contributed by atoms with van der Waals surface area (Å²) in [5, 5.41) is 0. The molecule has 0 aliphatic carbocycles. The van der Waals surface area contributed by atoms with E-state index in [9.17, 15) is 0 Å². The maximum Gasteiger partial charge on any atom is 0.0931 e. The van der Waals surface area contributed by atoms with E-state index < -0.39 is 0 Å². The highest BCUT2D eigenvalue weighted by Crippen LogP contribution is 2.22. The van der Waals surface area contributed by atoms with Crippen molar-refractivity contribution >= 4 is 22.9 Å². The first kappa shape index (κ1) is 12.0. The zero-order valence-corrected chi connectivity index (χ0v) is 10.2. The van der Waals surface area contributed by atoms with E-state index in [1.54, 1.807) is 11.3 Å². The van der Waals surface area contributed by atoms with Crippen LogP contribution in [0.3, 0.4) is 0 Å². The molecule has 0 amide bonds. The van der Waals surface area contributed by atoms with Crippen molar-refractivity contribution < 1.29 is 0 Å². The van der Waals surface area contributed by atoms with Crippen molar-refractivity contribution in [2.45, 2.75) is 26.4 Å². The molecule has 1 aromatic heterocycles. The van der Waals surface area contributed by atoms with Gasteiger partial charge in [-0.25, -0.2) is 0 Å². The van der Waals surface area contributed by atoms with Crippen molar-refractivity contribution in [1.29, 1.82) is 0 Å². The van der Waals surface area contributed by atoms with Gasteiger partial charge in [-0.05, 0) is 25.6 Å². The molecule has 0 aromatic carbocycles. The Balaban J connectivity index is 2.48. The lowest BCUT2D eigenvalue weighted by atomic mass is 10.3. The van der Waals surface area contributed by atoms with E-state index in [0.29, 0.717) is 0 Å². The van der Waals surface area contributed by atoms with Crippen LogP contribution in [0.25, 0.3) is 0 Å². The van der Waals surface area contributed by atoms with Crippen molar-refractivity contribution in [3.63, 3.8) is 0 Å². The van der Waals surface area contributed by atoms with Crippen molar-refractivity contribution in [3.8, 4) is 0 Å². The van der Waals surface area contributed by atoms with Gasteiger partial charge in [0.15, 0.2) is 0 Å². The molecule has 1 unspecified atom stereocenters. The maximum atomic E-state index is 5.87. The Kier molecular flexibility index (Phi) is 4.89. The second-order valence-electron chi connectivity index (χ2n) is 3.51. The number of halogens is 1. The molecule has 0 saturated carbocycles. The summed E-state index contributed by atoms with van der Waals surface area (Å²) in [5.74, 6) is 0. The van der Waals surface area contributed by atoms with Crippen LogP contribution >= 0.6 is 22.9 Å². The van der Waals surface area contributed by atoms with Gasteiger partial charge in [0.05, 0.1) is 4.34 Å². The zero-order valence-electron chi connectivity index (χ0n) is 8.66. The van der Waals surface area contributed by atoms with Gasteiger partial charge in [0, 0.05) is 24.0 Å². The smallest absolute Gasteiger partial charge is 0.0931 e. The van der Waals surface area contributed by atoms with E-state index in [-0.39, 0.29) is 6.04 Å². The molecule has 1 heterocycles. The molecule has 2 nitrogen and oxygen atoms in total. The minimum atomic E-state index is 0.227. The number of thiophene rings is 1. The molecule has 1 aromatic rings. The highest BCUT2D eigenvalue weighted by molar-refractivity contribution is 7.16. The molecule has 1 rings (SSSR count). The van der Waals surface area contributed by atoms with Gasteiger partial charge < -0.3 is 5.73 Å². The third-order valence-electron chi connectivity index (χ3n) is 2.00. The Morgan fingerprint density at radius 2 is 2.29 bits per heavy atom. The second kappa shape index (κ2) is 5.71. The first-order valence-electron chi connectivity index (χ1n) is 4.84. The van der Waals surface area contributed by atoms with E-state index >= 15 is 0 Å². The van der Waals surface area contributed by atoms with Gasteiger partial charge in [0.2, 0.25) is 0 Å². The SMILES string of the molecule is CCN(Cc1ccc(Cl)s1)CC(C)N. The molecule has 0 radical (unpaired) electrons. The number of hydrogen-bond acceptors (Lipinski definition) is 3. The van der Waals surface area contributed by atoms with Gasteiger partial charge >= 0.3 is 0 Å². The fourth-order valence-corrected chi connectivity index (χ4v) is 2.50. The Morgan fingerprint density at radius 1 is 1.57 bits per heavy atom. The lowest BCUT2D eigenvalue weighted by Gasteiger charge is -2.21. The maximum absolute atomic E-state index is 5.87. The number of rotatable bonds is 5. The number of hydrogen-bond donors (Lipinski definition) is 1. The van der Waals surface area contributed by atoms with Crippen LogP contribution in [0, 0.1) is 0 Å². The molecule has 0 fully saturated rings. The average Bonchev–Trinajstić information content (AvgIpc) is 2.49. The summed E-state index contributed by atoms with van der Waals surface area (Å²) in [4.78, 5) is 3.63. The van der Waals surface area contributed by atoms with E-state index in [4.69, 9.17) is 17.3 Å². The van der Waals surface area contributed by atoms with Crippen LogP contribution in [0.2, 0.25) is 4.34 Å². The van der Waals surface area contributed by atoms with E-state index in [0.717, 1.165) is 24.0 Å². The molecule has 4 heteroatoms. The molecular formula is C10H17ClN2S. The normalized spacial score (nSPS) is 13.5. The Morgan fingerprint density at radius 3 is 2.71 bits per heavy atom. The fraction of sp³-hybridized carbons (Fsp3) is 0.600. The molecule has 0 saturated heterocycles. The van der Waals surface area contributed by atoms with Gasteiger partial charge in [-0.1, -0.05) is 18.5 Å². The number of nitrogens with two attached hydrogens (primary N) is 1. The topological polar surface area (TPSA) is 29.3 Å². The summed E-state index contributed by atoms with van der Waals surface area (Å²) >= 11 is 7.51. The molecule has 0 spiro atoms. The summed E-state index contributed by atoms with van der Waals surface area (Å²) in [6, 6.07) is 4.25. The van der Waals surface area contributed by atoms with Crippen molar-refractivity contribution in [2.24, 2.45) is 5.73 Å². The van der Waals surface area contributed by atoms with Gasteiger partial charge in [-0.15, -0.1) is 11.3 Å². The number of nitrogens with zero attached hydrogens (tertiary/aromatic N) is 1. The minimum absolute atomic E-state index is 0.227. The van der Waals surface area contributed by atoms with Crippen molar-refractivity contribution in [2.75, 3.05) is 13.1 Å². The van der Waals surface area contributed by atoms with Crippen LogP contribution < -0.4 is 5.73 Å². The lowest BCUT2D eigenvalue weighted by molar-refractivity contribution is 0.269. The lowest BCUT2D eigenvalue weighted by Crippen LogP contribution is -2.34. The monoisotopic (exact) mass is 232 g/mol. The molecule has 0 bridgehead atoms. The number of likely N-dealkylation sites (N-methyl/N-ethyl adjacent to an activating group) is 1. The molecule has 0 aliphatic rings. The van der Waals surface area contributed by atoms with Gasteiger partial charge in [-0.3, -0.25) is 4.90 Å². The van der Waals surface area contributed by atoms with E-state index in [2.05, 4.69) is 17.9 Å². The molecule has 1 atom stereocenters. The molecule has 14 heavy (non-hydrogen) atoms. The fourth-order valence-electron chi connectivity index (χ4n) is 1.37. The molecular weight excluding hydrogens is 216 g/mol. The third-order valence-corrected chi connectivity index (χ3v) is 3.22. The zero-order chi connectivity index (χ0) is 10.6. The first-order valence-corrected chi connectivity index (χ1v) is 6.03. The highest BCUT2D eigenvalue weighted by atomic mass is 35.5. The Labute approximate surface area is 94.7 Å². The third kappa shape index (κ3) is 3.96. The van der Waals surface area contributed by atoms with Crippen LogP contribution in [-0.4, -0.2) is 24.0 Å². The summed E-state index contributed by atoms with van der Waals surface area (Å²) in [7, 11) is 0. The largest absolute Gasteiger partial charge is 0.327 e. The Bertz CT molecular complexity index is 273. The van der Waals surface area contributed by atoms with E-state index in [1.807, 2.05) is 13.0 Å². The van der Waals surface area contributed by atoms with Gasteiger partial charge in [-0.2, -0.15) is 0 Å². The van der Waals surface area contributed by atoms with Gasteiger partial charge in [0.25, 0.3) is 0 Å². The standard InChI is InChI=1S/C10H17ClN2S/c1-3-13(6-8(2)12)7-9-4-5-10(11)14-9/h4-5,8H,3,6-7,12H2,1-2H3. The second-order valence-corrected chi connectivity index (χ2v) is 5.31. The summed E-state index contributed by atoms with van der Waals surface area (Å²) in [5.41, 5.74) is 5.76. The minimum Gasteiger partial charge on any atom is -0.327 e. The van der Waals surface area contributed by atoms with Crippen LogP contribution in [-0.2, 0) is 6.54 Å². The van der Waals surface area contributed by atoms with Crippen molar-refractivity contribution in [1.82, 2.24) is 4.90 Å². The van der Waals surface area contributed by atoms with Crippen LogP contribution in [0.5, 0.6) is 0 Å². The van der Waals surface area contributed by atoms with Crippen LogP contribution in [0.1, 0.15) is 18.7 Å². The predicted octanol–water partition coefficient (Wildman–Crippen LogP) is 2.57. The Hall–Kier alpha value is -0.0900. The molecule has 80 valence electrons. The van der Waals surface area contributed by atoms with Crippen LogP contribution in [0.15, 0.2) is 12.1 Å². The van der Waals surface area contributed by atoms with Crippen LogP contribution in [0.4, 0.5) is 0 Å². The summed E-state index contributed by atoms with van der Waals surface area (Å²) in [6.07, 6.45) is 0. The quantitative estimate of drug-likeness (QED) is 0.846. The predicted molar refractivity (Wildman–Crippen MR) is 63.9 cm³/mol. The van der Waals surface area contributed by atoms with E-state index in [1.165, 1.54) is 4.88 Å². The molecule has 0 aliphatic heterocycles. The summed E-state index contributed by atoms with van der Waals surface area (Å²) in [6.45, 7) is 7.10. The average molecular weight is 233 g/mol. The highest BCUT2D eigenvalue weighted by Gasteiger charge is 2.07.